The molecule has 3 rings (SSSR count). The van der Waals surface area contributed by atoms with Gasteiger partial charge in [-0.3, -0.25) is 0 Å². The Morgan fingerprint density at radius 1 is 0.857 bits per heavy atom. The maximum absolute atomic E-state index is 5.89. The topological polar surface area (TPSA) is 50.9 Å². The van der Waals surface area contributed by atoms with Crippen LogP contribution < -0.4 is 11.1 Å². The maximum Gasteiger partial charge on any atom is 0.134 e. The van der Waals surface area contributed by atoms with Crippen molar-refractivity contribution in [2.45, 2.75) is 0 Å². The Labute approximate surface area is 128 Å². The number of nitrogens with two attached hydrogens (primary N) is 1. The van der Waals surface area contributed by atoms with E-state index in [9.17, 15) is 0 Å². The molecule has 0 unspecified atom stereocenters. The number of rotatable bonds is 3. The number of pyridine rings is 1. The molecule has 21 heavy (non-hydrogen) atoms. The minimum atomic E-state index is 0.374. The number of nitrogen functional groups attached to an aromatic ring is 1. The van der Waals surface area contributed by atoms with Crippen molar-refractivity contribution in [1.29, 1.82) is 0 Å². The average Bonchev–Trinajstić information content (AvgIpc) is 2.48. The number of hydrogen-bond donors (Lipinski definition) is 2. The largest absolute Gasteiger partial charge is 0.399 e. The second-order valence-electron chi connectivity index (χ2n) is 4.68. The summed E-state index contributed by atoms with van der Waals surface area (Å²) in [6.45, 7) is 0. The van der Waals surface area contributed by atoms with Crippen LogP contribution in [0.2, 0.25) is 5.15 Å². The molecule has 4 heteroatoms. The number of aromatic nitrogens is 1. The second-order valence-corrected chi connectivity index (χ2v) is 5.06. The number of hydrogen-bond acceptors (Lipinski definition) is 3. The first-order chi connectivity index (χ1) is 10.2. The molecule has 2 aromatic carbocycles. The van der Waals surface area contributed by atoms with E-state index in [-0.39, 0.29) is 0 Å². The first kappa shape index (κ1) is 13.5. The molecule has 0 amide bonds. The number of nitrogens with one attached hydrogen (secondary N) is 1. The van der Waals surface area contributed by atoms with Gasteiger partial charge in [0.25, 0.3) is 0 Å². The van der Waals surface area contributed by atoms with Crippen LogP contribution in [0.25, 0.3) is 11.1 Å². The summed E-state index contributed by atoms with van der Waals surface area (Å²) >= 11 is 5.89. The van der Waals surface area contributed by atoms with Gasteiger partial charge in [-0.25, -0.2) is 4.98 Å². The van der Waals surface area contributed by atoms with Gasteiger partial charge in [0.1, 0.15) is 11.0 Å². The number of benzene rings is 2. The minimum Gasteiger partial charge on any atom is -0.399 e. The molecule has 1 heterocycles. The standard InChI is InChI=1S/C17H14ClN3/c18-16-10-14(19)11-17(21-16)20-15-8-6-13(7-9-15)12-4-2-1-3-5-12/h1-11H,(H3,19,20,21). The van der Waals surface area contributed by atoms with Gasteiger partial charge in [0, 0.05) is 17.4 Å². The molecule has 3 nitrogen and oxygen atoms in total. The van der Waals surface area contributed by atoms with Crippen molar-refractivity contribution in [3.05, 3.63) is 71.9 Å². The van der Waals surface area contributed by atoms with Crippen LogP contribution in [0.3, 0.4) is 0 Å². The lowest BCUT2D eigenvalue weighted by Crippen LogP contribution is -1.96. The third-order valence-electron chi connectivity index (χ3n) is 3.08. The number of halogens is 1. The Morgan fingerprint density at radius 3 is 2.19 bits per heavy atom. The van der Waals surface area contributed by atoms with Gasteiger partial charge in [-0.2, -0.15) is 0 Å². The van der Waals surface area contributed by atoms with Crippen molar-refractivity contribution in [3.63, 3.8) is 0 Å². The van der Waals surface area contributed by atoms with E-state index < -0.39 is 0 Å². The lowest BCUT2D eigenvalue weighted by Gasteiger charge is -2.08. The van der Waals surface area contributed by atoms with Crippen molar-refractivity contribution in [2.24, 2.45) is 0 Å². The van der Waals surface area contributed by atoms with Gasteiger partial charge in [0.05, 0.1) is 0 Å². The first-order valence-electron chi connectivity index (χ1n) is 6.56. The minimum absolute atomic E-state index is 0.374. The van der Waals surface area contributed by atoms with Gasteiger partial charge < -0.3 is 11.1 Å². The molecule has 3 N–H and O–H groups in total. The molecular weight excluding hydrogens is 282 g/mol. The average molecular weight is 296 g/mol. The van der Waals surface area contributed by atoms with Gasteiger partial charge in [0.2, 0.25) is 0 Å². The summed E-state index contributed by atoms with van der Waals surface area (Å²) in [4.78, 5) is 4.18. The van der Waals surface area contributed by atoms with Crippen LogP contribution in [0.1, 0.15) is 0 Å². The van der Waals surface area contributed by atoms with Gasteiger partial charge in [-0.1, -0.05) is 54.1 Å². The lowest BCUT2D eigenvalue weighted by molar-refractivity contribution is 1.31. The molecule has 0 bridgehead atoms. The van der Waals surface area contributed by atoms with Crippen molar-refractivity contribution < 1.29 is 0 Å². The third-order valence-corrected chi connectivity index (χ3v) is 3.27. The Kier molecular flexibility index (Phi) is 3.75. The summed E-state index contributed by atoms with van der Waals surface area (Å²) in [5.74, 6) is 0.632. The summed E-state index contributed by atoms with van der Waals surface area (Å²) < 4.78 is 0. The Balaban J connectivity index is 1.81. The predicted molar refractivity (Wildman–Crippen MR) is 88.8 cm³/mol. The van der Waals surface area contributed by atoms with Crippen LogP contribution in [-0.2, 0) is 0 Å². The van der Waals surface area contributed by atoms with Gasteiger partial charge >= 0.3 is 0 Å². The molecule has 0 atom stereocenters. The first-order valence-corrected chi connectivity index (χ1v) is 6.94. The van der Waals surface area contributed by atoms with Crippen molar-refractivity contribution in [1.82, 2.24) is 4.98 Å². The summed E-state index contributed by atoms with van der Waals surface area (Å²) in [6.07, 6.45) is 0. The number of anilines is 3. The van der Waals surface area contributed by atoms with Crippen LogP contribution in [0.15, 0.2) is 66.7 Å². The van der Waals surface area contributed by atoms with E-state index in [0.29, 0.717) is 16.7 Å². The fourth-order valence-electron chi connectivity index (χ4n) is 2.11. The van der Waals surface area contributed by atoms with Crippen molar-refractivity contribution in [2.75, 3.05) is 11.1 Å². The lowest BCUT2D eigenvalue weighted by atomic mass is 10.1. The van der Waals surface area contributed by atoms with E-state index in [2.05, 4.69) is 34.6 Å². The van der Waals surface area contributed by atoms with E-state index in [1.807, 2.05) is 30.3 Å². The second kappa shape index (κ2) is 5.85. The summed E-state index contributed by atoms with van der Waals surface area (Å²) in [5.41, 5.74) is 9.62. The highest BCUT2D eigenvalue weighted by Gasteiger charge is 2.01. The molecule has 3 aromatic rings. The predicted octanol–water partition coefficient (Wildman–Crippen LogP) is 4.73. The van der Waals surface area contributed by atoms with Crippen LogP contribution in [-0.4, -0.2) is 4.98 Å². The Hall–Kier alpha value is -2.52. The summed E-state index contributed by atoms with van der Waals surface area (Å²) in [7, 11) is 0. The van der Waals surface area contributed by atoms with Crippen LogP contribution in [0, 0.1) is 0 Å². The smallest absolute Gasteiger partial charge is 0.134 e. The monoisotopic (exact) mass is 295 g/mol. The van der Waals surface area contributed by atoms with Crippen molar-refractivity contribution in [3.8, 4) is 11.1 Å². The third kappa shape index (κ3) is 3.33. The van der Waals surface area contributed by atoms with Crippen LogP contribution >= 0.6 is 11.6 Å². The molecule has 0 fully saturated rings. The molecule has 0 saturated heterocycles. The zero-order chi connectivity index (χ0) is 14.7. The maximum atomic E-state index is 5.89. The quantitative estimate of drug-likeness (QED) is 0.687. The SMILES string of the molecule is Nc1cc(Cl)nc(Nc2ccc(-c3ccccc3)cc2)c1. The van der Waals surface area contributed by atoms with E-state index in [4.69, 9.17) is 17.3 Å². The van der Waals surface area contributed by atoms with Gasteiger partial charge in [-0.15, -0.1) is 0 Å². The number of nitrogens with zero attached hydrogens (tertiary/aromatic N) is 1. The van der Waals surface area contributed by atoms with Crippen LogP contribution in [0.5, 0.6) is 0 Å². The molecule has 0 aliphatic heterocycles. The normalized spacial score (nSPS) is 10.3. The molecule has 0 aliphatic carbocycles. The van der Waals surface area contributed by atoms with Crippen LogP contribution in [0.4, 0.5) is 17.2 Å². The highest BCUT2D eigenvalue weighted by Crippen LogP contribution is 2.24. The highest BCUT2D eigenvalue weighted by atomic mass is 35.5. The van der Waals surface area contributed by atoms with E-state index in [0.717, 1.165) is 5.69 Å². The highest BCUT2D eigenvalue weighted by molar-refractivity contribution is 6.29. The zero-order valence-corrected chi connectivity index (χ0v) is 12.0. The molecule has 0 aliphatic rings. The van der Waals surface area contributed by atoms with Crippen molar-refractivity contribution >= 4 is 28.8 Å². The Bertz CT molecular complexity index is 719. The van der Waals surface area contributed by atoms with E-state index in [1.54, 1.807) is 12.1 Å². The molecule has 0 radical (unpaired) electrons. The zero-order valence-electron chi connectivity index (χ0n) is 11.3. The fraction of sp³-hybridized carbons (Fsp3) is 0. The molecule has 104 valence electrons. The molecular formula is C17H14ClN3. The van der Waals surface area contributed by atoms with Gasteiger partial charge in [0.15, 0.2) is 0 Å². The van der Waals surface area contributed by atoms with E-state index in [1.165, 1.54) is 11.1 Å². The van der Waals surface area contributed by atoms with E-state index >= 15 is 0 Å². The van der Waals surface area contributed by atoms with Gasteiger partial charge in [-0.05, 0) is 29.3 Å². The Morgan fingerprint density at radius 2 is 1.52 bits per heavy atom. The fourth-order valence-corrected chi connectivity index (χ4v) is 2.32. The summed E-state index contributed by atoms with van der Waals surface area (Å²) in [5, 5.41) is 3.56. The summed E-state index contributed by atoms with van der Waals surface area (Å²) in [6, 6.07) is 21.7. The molecule has 0 spiro atoms. The molecule has 0 saturated carbocycles. The molecule has 1 aromatic heterocycles.